The SMILES string of the molecule is CCC(O)(C(=CI)C(=O)O)C(C)C. The van der Waals surface area contributed by atoms with Gasteiger partial charge >= 0.3 is 5.97 Å². The molecule has 1 unspecified atom stereocenters. The van der Waals surface area contributed by atoms with Crippen LogP contribution in [-0.4, -0.2) is 21.8 Å². The van der Waals surface area contributed by atoms with E-state index >= 15 is 0 Å². The van der Waals surface area contributed by atoms with Crippen molar-refractivity contribution >= 4 is 28.6 Å². The van der Waals surface area contributed by atoms with Crippen molar-refractivity contribution in [3.63, 3.8) is 0 Å². The van der Waals surface area contributed by atoms with Crippen molar-refractivity contribution < 1.29 is 15.0 Å². The summed E-state index contributed by atoms with van der Waals surface area (Å²) in [5.41, 5.74) is -1.14. The van der Waals surface area contributed by atoms with E-state index in [1.807, 2.05) is 36.4 Å². The smallest absolute Gasteiger partial charge is 0.334 e. The Labute approximate surface area is 92.0 Å². The lowest BCUT2D eigenvalue weighted by molar-refractivity contribution is -0.136. The van der Waals surface area contributed by atoms with Crippen LogP contribution in [0.25, 0.3) is 0 Å². The van der Waals surface area contributed by atoms with Gasteiger partial charge in [-0.1, -0.05) is 43.4 Å². The fourth-order valence-electron chi connectivity index (χ4n) is 1.24. The number of rotatable bonds is 4. The van der Waals surface area contributed by atoms with Gasteiger partial charge in [0.2, 0.25) is 0 Å². The van der Waals surface area contributed by atoms with Crippen LogP contribution in [0.1, 0.15) is 27.2 Å². The molecule has 0 aromatic heterocycles. The van der Waals surface area contributed by atoms with Gasteiger partial charge in [0.15, 0.2) is 0 Å². The Morgan fingerprint density at radius 1 is 1.62 bits per heavy atom. The number of halogens is 1. The minimum absolute atomic E-state index is 0.0746. The van der Waals surface area contributed by atoms with E-state index in [4.69, 9.17) is 5.11 Å². The summed E-state index contributed by atoms with van der Waals surface area (Å²) in [6.07, 6.45) is 0.409. The molecule has 13 heavy (non-hydrogen) atoms. The van der Waals surface area contributed by atoms with E-state index in [0.717, 1.165) is 0 Å². The van der Waals surface area contributed by atoms with Crippen molar-refractivity contribution in [2.24, 2.45) is 5.92 Å². The molecular weight excluding hydrogens is 283 g/mol. The molecule has 0 aliphatic rings. The van der Waals surface area contributed by atoms with Crippen molar-refractivity contribution in [3.8, 4) is 0 Å². The van der Waals surface area contributed by atoms with Crippen molar-refractivity contribution in [3.05, 3.63) is 9.66 Å². The fraction of sp³-hybridized carbons (Fsp3) is 0.667. The molecule has 0 rings (SSSR count). The first-order valence-electron chi connectivity index (χ1n) is 4.16. The van der Waals surface area contributed by atoms with Gasteiger partial charge in [0.1, 0.15) is 0 Å². The van der Waals surface area contributed by atoms with Crippen LogP contribution < -0.4 is 0 Å². The molecule has 0 aromatic carbocycles. The first-order valence-corrected chi connectivity index (χ1v) is 5.41. The quantitative estimate of drug-likeness (QED) is 0.618. The lowest BCUT2D eigenvalue weighted by atomic mass is 9.81. The zero-order valence-corrected chi connectivity index (χ0v) is 10.2. The Balaban J connectivity index is 5.05. The predicted octanol–water partition coefficient (Wildman–Crippen LogP) is 2.19. The van der Waals surface area contributed by atoms with E-state index in [9.17, 15) is 9.90 Å². The average Bonchev–Trinajstić information content (AvgIpc) is 2.04. The topological polar surface area (TPSA) is 57.5 Å². The van der Waals surface area contributed by atoms with Gasteiger partial charge in [-0.15, -0.1) is 0 Å². The van der Waals surface area contributed by atoms with Gasteiger partial charge in [0.05, 0.1) is 11.2 Å². The monoisotopic (exact) mass is 298 g/mol. The zero-order chi connectivity index (χ0) is 10.6. The fourth-order valence-corrected chi connectivity index (χ4v) is 2.04. The van der Waals surface area contributed by atoms with Crippen molar-refractivity contribution in [2.75, 3.05) is 0 Å². The Kier molecular flexibility index (Phi) is 4.91. The van der Waals surface area contributed by atoms with Crippen LogP contribution in [-0.2, 0) is 4.79 Å². The molecule has 0 radical (unpaired) electrons. The van der Waals surface area contributed by atoms with Crippen LogP contribution in [0.2, 0.25) is 0 Å². The summed E-state index contributed by atoms with van der Waals surface area (Å²) < 4.78 is 1.43. The van der Waals surface area contributed by atoms with Gasteiger partial charge in [-0.3, -0.25) is 0 Å². The molecule has 0 bridgehead atoms. The van der Waals surface area contributed by atoms with E-state index in [-0.39, 0.29) is 11.5 Å². The molecule has 76 valence electrons. The van der Waals surface area contributed by atoms with Gasteiger partial charge in [0, 0.05) is 0 Å². The predicted molar refractivity (Wildman–Crippen MR) is 59.8 cm³/mol. The number of hydrogen-bond donors (Lipinski definition) is 2. The van der Waals surface area contributed by atoms with E-state index in [2.05, 4.69) is 0 Å². The lowest BCUT2D eigenvalue weighted by Gasteiger charge is -2.31. The van der Waals surface area contributed by atoms with Gasteiger partial charge in [0.25, 0.3) is 0 Å². The van der Waals surface area contributed by atoms with Crippen LogP contribution in [0.4, 0.5) is 0 Å². The summed E-state index contributed by atoms with van der Waals surface area (Å²) in [7, 11) is 0. The molecule has 2 N–H and O–H groups in total. The minimum atomic E-state index is -1.22. The van der Waals surface area contributed by atoms with Crippen molar-refractivity contribution in [1.29, 1.82) is 0 Å². The Morgan fingerprint density at radius 2 is 2.08 bits per heavy atom. The zero-order valence-electron chi connectivity index (χ0n) is 8.04. The molecule has 4 heteroatoms. The third-order valence-corrected chi connectivity index (χ3v) is 2.92. The average molecular weight is 298 g/mol. The first-order chi connectivity index (χ1) is 5.90. The van der Waals surface area contributed by atoms with Gasteiger partial charge in [-0.25, -0.2) is 4.79 Å². The Bertz CT molecular complexity index is 223. The molecular formula is C9H15IO3. The molecule has 0 spiro atoms. The van der Waals surface area contributed by atoms with Crippen LogP contribution in [0.3, 0.4) is 0 Å². The molecule has 3 nitrogen and oxygen atoms in total. The van der Waals surface area contributed by atoms with E-state index in [1.54, 1.807) is 6.92 Å². The highest BCUT2D eigenvalue weighted by Gasteiger charge is 2.36. The van der Waals surface area contributed by atoms with Crippen LogP contribution in [0.5, 0.6) is 0 Å². The maximum atomic E-state index is 10.8. The summed E-state index contributed by atoms with van der Waals surface area (Å²) in [6, 6.07) is 0. The second-order valence-electron chi connectivity index (χ2n) is 3.26. The minimum Gasteiger partial charge on any atom is -0.478 e. The molecule has 0 saturated carbocycles. The van der Waals surface area contributed by atoms with E-state index < -0.39 is 11.6 Å². The standard InChI is InChI=1S/C9H15IO3/c1-4-9(13,6(2)3)7(5-10)8(11)12/h5-6,13H,4H2,1-3H3,(H,11,12). The molecule has 0 fully saturated rings. The summed E-state index contributed by atoms with van der Waals surface area (Å²) >= 11 is 1.84. The maximum Gasteiger partial charge on any atom is 0.334 e. The maximum absolute atomic E-state index is 10.8. The van der Waals surface area contributed by atoms with Crippen LogP contribution >= 0.6 is 22.6 Å². The number of aliphatic carboxylic acids is 1. The summed E-state index contributed by atoms with van der Waals surface area (Å²) in [6.45, 7) is 5.40. The molecule has 0 aromatic rings. The molecule has 0 aliphatic carbocycles. The second-order valence-corrected chi connectivity index (χ2v) is 3.88. The number of hydrogen-bond acceptors (Lipinski definition) is 2. The third kappa shape index (κ3) is 2.67. The second kappa shape index (κ2) is 4.95. The molecule has 0 saturated heterocycles. The molecule has 0 heterocycles. The number of carbonyl (C=O) groups is 1. The highest BCUT2D eigenvalue weighted by Crippen LogP contribution is 2.30. The highest BCUT2D eigenvalue weighted by molar-refractivity contribution is 14.1. The number of aliphatic hydroxyl groups is 1. The van der Waals surface area contributed by atoms with Gasteiger partial charge in [-0.2, -0.15) is 0 Å². The Morgan fingerprint density at radius 3 is 2.15 bits per heavy atom. The summed E-state index contributed by atoms with van der Waals surface area (Å²) in [5, 5.41) is 18.9. The van der Waals surface area contributed by atoms with Gasteiger partial charge in [-0.05, 0) is 16.4 Å². The summed E-state index contributed by atoms with van der Waals surface area (Å²) in [5.74, 6) is -1.15. The first kappa shape index (κ1) is 12.9. The highest BCUT2D eigenvalue weighted by atomic mass is 127. The largest absolute Gasteiger partial charge is 0.478 e. The molecule has 0 aliphatic heterocycles. The van der Waals surface area contributed by atoms with Crippen molar-refractivity contribution in [1.82, 2.24) is 0 Å². The molecule has 1 atom stereocenters. The normalized spacial score (nSPS) is 17.2. The number of carboxylic acid groups (broad SMARTS) is 1. The van der Waals surface area contributed by atoms with E-state index in [1.165, 1.54) is 4.08 Å². The third-order valence-electron chi connectivity index (χ3n) is 2.30. The number of carboxylic acids is 1. The summed E-state index contributed by atoms with van der Waals surface area (Å²) in [4.78, 5) is 10.8. The van der Waals surface area contributed by atoms with Crippen LogP contribution in [0.15, 0.2) is 9.66 Å². The van der Waals surface area contributed by atoms with E-state index in [0.29, 0.717) is 6.42 Å². The van der Waals surface area contributed by atoms with Gasteiger partial charge < -0.3 is 10.2 Å². The Hall–Kier alpha value is -0.100. The molecule has 0 amide bonds. The van der Waals surface area contributed by atoms with Crippen molar-refractivity contribution in [2.45, 2.75) is 32.8 Å². The lowest BCUT2D eigenvalue weighted by Crippen LogP contribution is -2.39. The van der Waals surface area contributed by atoms with Crippen LogP contribution in [0, 0.1) is 5.92 Å².